The lowest BCUT2D eigenvalue weighted by molar-refractivity contribution is 0.128. The molecule has 1 aliphatic heterocycles. The molecule has 2 rings (SSSR count). The van der Waals surface area contributed by atoms with Gasteiger partial charge in [-0.2, -0.15) is 0 Å². The Kier molecular flexibility index (Phi) is 3.77. The SMILES string of the molecule is COc1ccc(CN2CCN(N)CC2)cc1. The molecule has 0 amide bonds. The van der Waals surface area contributed by atoms with Crippen molar-refractivity contribution >= 4 is 0 Å². The molecule has 88 valence electrons. The van der Waals surface area contributed by atoms with Gasteiger partial charge in [0.1, 0.15) is 5.75 Å². The molecular formula is C12H19N3O. The monoisotopic (exact) mass is 221 g/mol. The third kappa shape index (κ3) is 2.95. The number of hydrazine groups is 1. The van der Waals surface area contributed by atoms with Crippen LogP contribution in [-0.4, -0.2) is 43.2 Å². The number of rotatable bonds is 3. The summed E-state index contributed by atoms with van der Waals surface area (Å²) >= 11 is 0. The molecule has 0 atom stereocenters. The van der Waals surface area contributed by atoms with Gasteiger partial charge in [0, 0.05) is 32.7 Å². The lowest BCUT2D eigenvalue weighted by Crippen LogP contribution is -2.48. The molecule has 2 N–H and O–H groups in total. The largest absolute Gasteiger partial charge is 0.497 e. The molecule has 0 unspecified atom stereocenters. The number of nitrogens with zero attached hydrogens (tertiary/aromatic N) is 2. The lowest BCUT2D eigenvalue weighted by atomic mass is 10.2. The van der Waals surface area contributed by atoms with E-state index in [1.807, 2.05) is 17.1 Å². The number of ether oxygens (including phenoxy) is 1. The summed E-state index contributed by atoms with van der Waals surface area (Å²) < 4.78 is 5.14. The van der Waals surface area contributed by atoms with Crippen molar-refractivity contribution in [3.63, 3.8) is 0 Å². The van der Waals surface area contributed by atoms with Gasteiger partial charge in [0.05, 0.1) is 7.11 Å². The van der Waals surface area contributed by atoms with Crippen molar-refractivity contribution in [3.05, 3.63) is 29.8 Å². The van der Waals surface area contributed by atoms with Crippen molar-refractivity contribution in [2.24, 2.45) is 5.84 Å². The van der Waals surface area contributed by atoms with Crippen LogP contribution in [0.15, 0.2) is 24.3 Å². The van der Waals surface area contributed by atoms with Crippen LogP contribution in [0.2, 0.25) is 0 Å². The highest BCUT2D eigenvalue weighted by Crippen LogP contribution is 2.13. The van der Waals surface area contributed by atoms with Gasteiger partial charge in [0.15, 0.2) is 0 Å². The van der Waals surface area contributed by atoms with E-state index in [9.17, 15) is 0 Å². The van der Waals surface area contributed by atoms with E-state index in [0.29, 0.717) is 0 Å². The maximum absolute atomic E-state index is 5.72. The van der Waals surface area contributed by atoms with Crippen LogP contribution < -0.4 is 10.6 Å². The topological polar surface area (TPSA) is 41.7 Å². The van der Waals surface area contributed by atoms with Crippen LogP contribution in [0.1, 0.15) is 5.56 Å². The zero-order valence-electron chi connectivity index (χ0n) is 9.72. The highest BCUT2D eigenvalue weighted by Gasteiger charge is 2.13. The Morgan fingerprint density at radius 2 is 1.75 bits per heavy atom. The normalized spacial score (nSPS) is 18.6. The van der Waals surface area contributed by atoms with Gasteiger partial charge in [-0.1, -0.05) is 12.1 Å². The van der Waals surface area contributed by atoms with E-state index in [4.69, 9.17) is 10.6 Å². The first-order valence-electron chi connectivity index (χ1n) is 5.63. The van der Waals surface area contributed by atoms with Gasteiger partial charge in [-0.3, -0.25) is 10.7 Å². The molecule has 1 aromatic rings. The second kappa shape index (κ2) is 5.30. The molecule has 1 aliphatic rings. The summed E-state index contributed by atoms with van der Waals surface area (Å²) in [4.78, 5) is 2.42. The summed E-state index contributed by atoms with van der Waals surface area (Å²) in [6, 6.07) is 8.25. The molecular weight excluding hydrogens is 202 g/mol. The van der Waals surface area contributed by atoms with E-state index in [1.54, 1.807) is 7.11 Å². The second-order valence-electron chi connectivity index (χ2n) is 4.16. The van der Waals surface area contributed by atoms with E-state index >= 15 is 0 Å². The lowest BCUT2D eigenvalue weighted by Gasteiger charge is -2.31. The molecule has 0 bridgehead atoms. The second-order valence-corrected chi connectivity index (χ2v) is 4.16. The van der Waals surface area contributed by atoms with Crippen molar-refractivity contribution in [1.82, 2.24) is 9.91 Å². The number of hydrogen-bond acceptors (Lipinski definition) is 4. The number of nitrogens with two attached hydrogens (primary N) is 1. The van der Waals surface area contributed by atoms with Gasteiger partial charge in [0.25, 0.3) is 0 Å². The van der Waals surface area contributed by atoms with Crippen molar-refractivity contribution < 1.29 is 4.74 Å². The van der Waals surface area contributed by atoms with Crippen molar-refractivity contribution in [3.8, 4) is 5.75 Å². The van der Waals surface area contributed by atoms with Crippen LogP contribution in [-0.2, 0) is 6.54 Å². The highest BCUT2D eigenvalue weighted by atomic mass is 16.5. The average Bonchev–Trinajstić information content (AvgIpc) is 2.33. The van der Waals surface area contributed by atoms with Crippen molar-refractivity contribution in [1.29, 1.82) is 0 Å². The zero-order valence-corrected chi connectivity index (χ0v) is 9.72. The van der Waals surface area contributed by atoms with Gasteiger partial charge in [0.2, 0.25) is 0 Å². The van der Waals surface area contributed by atoms with Gasteiger partial charge in [-0.15, -0.1) is 0 Å². The van der Waals surface area contributed by atoms with E-state index in [1.165, 1.54) is 5.56 Å². The Morgan fingerprint density at radius 3 is 2.31 bits per heavy atom. The molecule has 1 heterocycles. The highest BCUT2D eigenvalue weighted by molar-refractivity contribution is 5.27. The first-order valence-corrected chi connectivity index (χ1v) is 5.63. The summed E-state index contributed by atoms with van der Waals surface area (Å²) in [5.74, 6) is 6.63. The van der Waals surface area contributed by atoms with E-state index in [2.05, 4.69) is 17.0 Å². The van der Waals surface area contributed by atoms with Crippen molar-refractivity contribution in [2.45, 2.75) is 6.54 Å². The minimum Gasteiger partial charge on any atom is -0.497 e. The fourth-order valence-electron chi connectivity index (χ4n) is 1.91. The quantitative estimate of drug-likeness (QED) is 0.762. The predicted molar refractivity (Wildman–Crippen MR) is 64.0 cm³/mol. The smallest absolute Gasteiger partial charge is 0.118 e. The molecule has 4 heteroatoms. The summed E-state index contributed by atoms with van der Waals surface area (Å²) in [6.45, 7) is 5.00. The van der Waals surface area contributed by atoms with Crippen LogP contribution in [0.5, 0.6) is 5.75 Å². The number of piperazine rings is 1. The number of hydrogen-bond donors (Lipinski definition) is 1. The summed E-state index contributed by atoms with van der Waals surface area (Å²) in [6.07, 6.45) is 0. The van der Waals surface area contributed by atoms with Crippen LogP contribution in [0.3, 0.4) is 0 Å². The molecule has 1 saturated heterocycles. The third-order valence-corrected chi connectivity index (χ3v) is 2.97. The van der Waals surface area contributed by atoms with E-state index in [-0.39, 0.29) is 0 Å². The Morgan fingerprint density at radius 1 is 1.12 bits per heavy atom. The molecule has 4 nitrogen and oxygen atoms in total. The summed E-state index contributed by atoms with van der Waals surface area (Å²) in [5, 5.41) is 1.88. The number of benzene rings is 1. The first-order chi connectivity index (χ1) is 7.78. The summed E-state index contributed by atoms with van der Waals surface area (Å²) in [7, 11) is 1.69. The fourth-order valence-corrected chi connectivity index (χ4v) is 1.91. The predicted octanol–water partition coefficient (Wildman–Crippen LogP) is 0.686. The molecule has 16 heavy (non-hydrogen) atoms. The average molecular weight is 221 g/mol. The molecule has 1 aromatic carbocycles. The van der Waals surface area contributed by atoms with Gasteiger partial charge in [-0.05, 0) is 17.7 Å². The van der Waals surface area contributed by atoms with Gasteiger partial charge in [-0.25, -0.2) is 5.01 Å². The Hall–Kier alpha value is -1.10. The fraction of sp³-hybridized carbons (Fsp3) is 0.500. The number of methoxy groups -OCH3 is 1. The van der Waals surface area contributed by atoms with E-state index < -0.39 is 0 Å². The molecule has 0 radical (unpaired) electrons. The van der Waals surface area contributed by atoms with Crippen LogP contribution in [0.4, 0.5) is 0 Å². The Balaban J connectivity index is 1.88. The molecule has 1 fully saturated rings. The Labute approximate surface area is 96.6 Å². The molecule has 0 saturated carbocycles. The first kappa shape index (κ1) is 11.4. The van der Waals surface area contributed by atoms with Gasteiger partial charge >= 0.3 is 0 Å². The molecule has 0 spiro atoms. The molecule has 0 aromatic heterocycles. The molecule has 0 aliphatic carbocycles. The third-order valence-electron chi connectivity index (χ3n) is 2.97. The minimum absolute atomic E-state index is 0.913. The minimum atomic E-state index is 0.913. The zero-order chi connectivity index (χ0) is 11.4. The van der Waals surface area contributed by atoms with Crippen LogP contribution in [0.25, 0.3) is 0 Å². The van der Waals surface area contributed by atoms with Crippen molar-refractivity contribution in [2.75, 3.05) is 33.3 Å². The maximum Gasteiger partial charge on any atom is 0.118 e. The Bertz CT molecular complexity index is 318. The summed E-state index contributed by atoms with van der Waals surface area (Å²) in [5.41, 5.74) is 1.33. The van der Waals surface area contributed by atoms with Gasteiger partial charge < -0.3 is 4.74 Å². The maximum atomic E-state index is 5.72. The van der Waals surface area contributed by atoms with E-state index in [0.717, 1.165) is 38.5 Å². The van der Waals surface area contributed by atoms with Crippen LogP contribution in [0, 0.1) is 0 Å². The van der Waals surface area contributed by atoms with Crippen LogP contribution >= 0.6 is 0 Å². The standard InChI is InChI=1S/C12H19N3O/c1-16-12-4-2-11(3-5-12)10-14-6-8-15(13)9-7-14/h2-5H,6-10,13H2,1H3.